The van der Waals surface area contributed by atoms with Gasteiger partial charge in [0, 0.05) is 6.54 Å². The van der Waals surface area contributed by atoms with E-state index in [1.165, 1.54) is 0 Å². The first-order chi connectivity index (χ1) is 12.6. The maximum atomic E-state index is 12.4. The molecule has 0 radical (unpaired) electrons. The van der Waals surface area contributed by atoms with Crippen LogP contribution in [0.2, 0.25) is 10.0 Å². The van der Waals surface area contributed by atoms with E-state index in [0.717, 1.165) is 11.0 Å². The molecule has 27 heavy (non-hydrogen) atoms. The average molecular weight is 406 g/mol. The van der Waals surface area contributed by atoms with Gasteiger partial charge in [-0.1, -0.05) is 53.5 Å². The maximum Gasteiger partial charge on any atom is 0.494 e. The summed E-state index contributed by atoms with van der Waals surface area (Å²) in [6.45, 7) is 8.46. The van der Waals surface area contributed by atoms with E-state index in [4.69, 9.17) is 32.5 Å². The van der Waals surface area contributed by atoms with Crippen molar-refractivity contribution in [2.75, 3.05) is 0 Å². The lowest BCUT2D eigenvalue weighted by atomic mass is 9.79. The molecule has 4 nitrogen and oxygen atoms in total. The van der Waals surface area contributed by atoms with Gasteiger partial charge in [-0.05, 0) is 50.9 Å². The minimum Gasteiger partial charge on any atom is -0.399 e. The third-order valence-corrected chi connectivity index (χ3v) is 5.78. The van der Waals surface area contributed by atoms with Crippen molar-refractivity contribution in [3.8, 4) is 0 Å². The Bertz CT molecular complexity index is 817. The monoisotopic (exact) mass is 405 g/mol. The Labute approximate surface area is 170 Å². The van der Waals surface area contributed by atoms with Gasteiger partial charge in [0.05, 0.1) is 26.8 Å². The van der Waals surface area contributed by atoms with E-state index in [9.17, 15) is 4.79 Å². The Kier molecular flexibility index (Phi) is 5.60. The first-order valence-corrected chi connectivity index (χ1v) is 9.53. The van der Waals surface area contributed by atoms with E-state index < -0.39 is 7.12 Å². The molecule has 1 aliphatic heterocycles. The fourth-order valence-corrected chi connectivity index (χ4v) is 3.33. The molecule has 0 spiro atoms. The Morgan fingerprint density at radius 2 is 1.48 bits per heavy atom. The van der Waals surface area contributed by atoms with Crippen LogP contribution in [0.3, 0.4) is 0 Å². The van der Waals surface area contributed by atoms with E-state index >= 15 is 0 Å². The van der Waals surface area contributed by atoms with Crippen molar-refractivity contribution < 1.29 is 14.1 Å². The van der Waals surface area contributed by atoms with Crippen LogP contribution in [0, 0.1) is 0 Å². The molecular formula is C20H22BCl2NO3. The lowest BCUT2D eigenvalue weighted by molar-refractivity contribution is 0.00578. The van der Waals surface area contributed by atoms with Gasteiger partial charge in [-0.2, -0.15) is 0 Å². The van der Waals surface area contributed by atoms with Gasteiger partial charge >= 0.3 is 7.12 Å². The van der Waals surface area contributed by atoms with Crippen molar-refractivity contribution >= 4 is 41.7 Å². The van der Waals surface area contributed by atoms with Gasteiger partial charge in [0.1, 0.15) is 0 Å². The minimum absolute atomic E-state index is 0.287. The molecule has 1 heterocycles. The lowest BCUT2D eigenvalue weighted by Gasteiger charge is -2.32. The average Bonchev–Trinajstić information content (AvgIpc) is 2.81. The highest BCUT2D eigenvalue weighted by Gasteiger charge is 2.51. The largest absolute Gasteiger partial charge is 0.494 e. The number of amides is 1. The molecule has 1 aliphatic rings. The van der Waals surface area contributed by atoms with Gasteiger partial charge in [-0.25, -0.2) is 0 Å². The molecule has 142 valence electrons. The van der Waals surface area contributed by atoms with Crippen LogP contribution in [0.15, 0.2) is 42.5 Å². The topological polar surface area (TPSA) is 47.6 Å². The summed E-state index contributed by atoms with van der Waals surface area (Å²) in [5.74, 6) is -0.305. The molecule has 0 aromatic heterocycles. The molecule has 0 bridgehead atoms. The van der Waals surface area contributed by atoms with E-state index in [-0.39, 0.29) is 22.7 Å². The normalized spacial score (nSPS) is 17.8. The molecule has 3 rings (SSSR count). The number of hydrogen-bond donors (Lipinski definition) is 1. The first kappa shape index (κ1) is 20.2. The second-order valence-corrected chi connectivity index (χ2v) is 8.42. The lowest BCUT2D eigenvalue weighted by Crippen LogP contribution is -2.41. The molecule has 0 atom stereocenters. The SMILES string of the molecule is CC1(C)OB(c2ccc(CNC(=O)c3c(Cl)cccc3Cl)cc2)OC1(C)C. The fraction of sp³-hybridized carbons (Fsp3) is 0.350. The molecule has 1 saturated heterocycles. The first-order valence-electron chi connectivity index (χ1n) is 8.77. The smallest absolute Gasteiger partial charge is 0.399 e. The molecule has 0 aliphatic carbocycles. The summed E-state index contributed by atoms with van der Waals surface area (Å²) < 4.78 is 12.1. The van der Waals surface area contributed by atoms with Crippen molar-refractivity contribution in [1.29, 1.82) is 0 Å². The summed E-state index contributed by atoms with van der Waals surface area (Å²) in [7, 11) is -0.402. The van der Waals surface area contributed by atoms with Crippen molar-refractivity contribution in [2.24, 2.45) is 0 Å². The van der Waals surface area contributed by atoms with E-state index in [1.54, 1.807) is 18.2 Å². The highest BCUT2D eigenvalue weighted by atomic mass is 35.5. The van der Waals surface area contributed by atoms with Crippen LogP contribution in [0.4, 0.5) is 0 Å². The van der Waals surface area contributed by atoms with Crippen molar-refractivity contribution in [3.63, 3.8) is 0 Å². The van der Waals surface area contributed by atoms with Gasteiger partial charge in [-0.15, -0.1) is 0 Å². The molecular weight excluding hydrogens is 384 g/mol. The number of carbonyl (C=O) groups excluding carboxylic acids is 1. The van der Waals surface area contributed by atoms with Crippen LogP contribution < -0.4 is 10.8 Å². The van der Waals surface area contributed by atoms with Crippen LogP contribution in [-0.2, 0) is 15.9 Å². The van der Waals surface area contributed by atoms with Gasteiger partial charge in [0.25, 0.3) is 5.91 Å². The zero-order valence-corrected chi connectivity index (χ0v) is 17.3. The molecule has 0 unspecified atom stereocenters. The summed E-state index contributed by atoms with van der Waals surface area (Å²) in [6.07, 6.45) is 0. The Morgan fingerprint density at radius 1 is 0.963 bits per heavy atom. The second-order valence-electron chi connectivity index (χ2n) is 7.61. The van der Waals surface area contributed by atoms with E-state index in [1.807, 2.05) is 52.0 Å². The molecule has 0 saturated carbocycles. The Hall–Kier alpha value is -1.53. The van der Waals surface area contributed by atoms with E-state index in [0.29, 0.717) is 16.6 Å². The predicted molar refractivity (Wildman–Crippen MR) is 110 cm³/mol. The Morgan fingerprint density at radius 3 is 2.00 bits per heavy atom. The molecule has 7 heteroatoms. The molecule has 1 amide bonds. The third-order valence-electron chi connectivity index (χ3n) is 5.15. The highest BCUT2D eigenvalue weighted by molar-refractivity contribution is 6.62. The second kappa shape index (κ2) is 7.48. The summed E-state index contributed by atoms with van der Waals surface area (Å²) >= 11 is 12.1. The Balaban J connectivity index is 1.64. The molecule has 1 fully saturated rings. The van der Waals surface area contributed by atoms with Crippen molar-refractivity contribution in [3.05, 3.63) is 63.6 Å². The molecule has 2 aromatic carbocycles. The van der Waals surface area contributed by atoms with Gasteiger partial charge in [0.15, 0.2) is 0 Å². The number of hydrogen-bond acceptors (Lipinski definition) is 3. The standard InChI is InChI=1S/C20H22BCl2NO3/c1-19(2)20(3,4)27-21(26-19)14-10-8-13(9-11-14)12-24-18(25)17-15(22)6-5-7-16(17)23/h5-11H,12H2,1-4H3,(H,24,25). The highest BCUT2D eigenvalue weighted by Crippen LogP contribution is 2.36. The number of halogens is 2. The zero-order chi connectivity index (χ0) is 19.8. The van der Waals surface area contributed by atoms with E-state index in [2.05, 4.69) is 5.32 Å². The van der Waals surface area contributed by atoms with Crippen LogP contribution in [-0.4, -0.2) is 24.2 Å². The number of rotatable bonds is 4. The predicted octanol–water partition coefficient (Wildman–Crippen LogP) is 4.22. The third kappa shape index (κ3) is 4.17. The summed E-state index contributed by atoms with van der Waals surface area (Å²) in [6, 6.07) is 12.8. The van der Waals surface area contributed by atoms with Crippen molar-refractivity contribution in [2.45, 2.75) is 45.4 Å². The van der Waals surface area contributed by atoms with Gasteiger partial charge in [0.2, 0.25) is 0 Å². The fourth-order valence-electron chi connectivity index (χ4n) is 2.76. The van der Waals surface area contributed by atoms with Gasteiger partial charge in [-0.3, -0.25) is 4.79 Å². The van der Waals surface area contributed by atoms with Crippen LogP contribution in [0.1, 0.15) is 43.6 Å². The molecule has 2 aromatic rings. The van der Waals surface area contributed by atoms with Gasteiger partial charge < -0.3 is 14.6 Å². The summed E-state index contributed by atoms with van der Waals surface area (Å²) in [5, 5.41) is 3.50. The number of benzene rings is 2. The minimum atomic E-state index is -0.402. The van der Waals surface area contributed by atoms with Crippen LogP contribution in [0.5, 0.6) is 0 Å². The van der Waals surface area contributed by atoms with Crippen molar-refractivity contribution in [1.82, 2.24) is 5.32 Å². The van der Waals surface area contributed by atoms with Crippen LogP contribution >= 0.6 is 23.2 Å². The summed E-state index contributed by atoms with van der Waals surface area (Å²) in [4.78, 5) is 12.4. The summed E-state index contributed by atoms with van der Waals surface area (Å²) in [5.41, 5.74) is 1.43. The quantitative estimate of drug-likeness (QED) is 0.774. The number of carbonyl (C=O) groups is 1. The zero-order valence-electron chi connectivity index (χ0n) is 15.8. The van der Waals surface area contributed by atoms with Crippen LogP contribution in [0.25, 0.3) is 0 Å². The maximum absolute atomic E-state index is 12.4. The molecule has 1 N–H and O–H groups in total. The number of nitrogens with one attached hydrogen (secondary N) is 1.